The highest BCUT2D eigenvalue weighted by molar-refractivity contribution is 5.78. The molecule has 5 nitrogen and oxygen atoms in total. The Kier molecular flexibility index (Phi) is 6.98. The van der Waals surface area contributed by atoms with E-state index in [1.807, 2.05) is 18.0 Å². The average Bonchev–Trinajstić information content (AvgIpc) is 3.17. The Morgan fingerprint density at radius 1 is 1.19 bits per heavy atom. The first kappa shape index (κ1) is 19.5. The lowest BCUT2D eigenvalue weighted by Crippen LogP contribution is -2.39. The molecule has 27 heavy (non-hydrogen) atoms. The monoisotopic (exact) mass is 372 g/mol. The summed E-state index contributed by atoms with van der Waals surface area (Å²) in [5.41, 5.74) is 2.85. The molecule has 1 amide bonds. The molecule has 1 aromatic heterocycles. The topological polar surface area (TPSA) is 61.0 Å². The van der Waals surface area contributed by atoms with E-state index < -0.39 is 0 Å². The molecule has 0 bridgehead atoms. The van der Waals surface area contributed by atoms with E-state index in [4.69, 9.17) is 0 Å². The lowest BCUT2D eigenvalue weighted by molar-refractivity contribution is -0.135. The number of carbonyl (C=O) groups excluding carboxylic acids is 1. The lowest BCUT2D eigenvalue weighted by Gasteiger charge is -2.26. The zero-order valence-electron chi connectivity index (χ0n) is 16.0. The van der Waals surface area contributed by atoms with Gasteiger partial charge in [0.25, 0.3) is 0 Å². The summed E-state index contributed by atoms with van der Waals surface area (Å²) in [7, 11) is 1.92. The van der Waals surface area contributed by atoms with Crippen molar-refractivity contribution in [3.63, 3.8) is 0 Å². The van der Waals surface area contributed by atoms with Gasteiger partial charge in [0.1, 0.15) is 5.82 Å². The molecule has 2 heterocycles. The number of hydrogen-bond acceptors (Lipinski definition) is 3. The van der Waals surface area contributed by atoms with E-state index in [9.17, 15) is 9.18 Å². The third-order valence-electron chi connectivity index (χ3n) is 5.28. The van der Waals surface area contributed by atoms with Crippen molar-refractivity contribution in [2.75, 3.05) is 26.7 Å². The number of nitrogens with one attached hydrogen (secondary N) is 2. The van der Waals surface area contributed by atoms with Crippen molar-refractivity contribution in [3.8, 4) is 11.3 Å². The molecule has 0 radical (unpaired) electrons. The number of halogens is 1. The van der Waals surface area contributed by atoms with Crippen LogP contribution in [-0.2, 0) is 11.2 Å². The van der Waals surface area contributed by atoms with Gasteiger partial charge in [-0.3, -0.25) is 9.89 Å². The maximum atomic E-state index is 13.0. The second-order valence-corrected chi connectivity index (χ2v) is 7.38. The third-order valence-corrected chi connectivity index (χ3v) is 5.28. The molecule has 0 unspecified atom stereocenters. The molecule has 2 N–H and O–H groups in total. The Balaban J connectivity index is 1.35. The Morgan fingerprint density at radius 2 is 1.93 bits per heavy atom. The molecule has 0 saturated carbocycles. The van der Waals surface area contributed by atoms with Crippen molar-refractivity contribution in [3.05, 3.63) is 41.8 Å². The maximum absolute atomic E-state index is 13.0. The van der Waals surface area contributed by atoms with Crippen molar-refractivity contribution in [2.45, 2.75) is 38.5 Å². The van der Waals surface area contributed by atoms with Gasteiger partial charge in [0.05, 0.1) is 5.69 Å². The van der Waals surface area contributed by atoms with Gasteiger partial charge in [-0.15, -0.1) is 0 Å². The highest BCUT2D eigenvalue weighted by Crippen LogP contribution is 2.19. The summed E-state index contributed by atoms with van der Waals surface area (Å²) in [4.78, 5) is 14.3. The van der Waals surface area contributed by atoms with E-state index in [2.05, 4.69) is 15.5 Å². The number of benzene rings is 1. The number of H-pyrrole nitrogens is 1. The van der Waals surface area contributed by atoms with E-state index in [-0.39, 0.29) is 11.7 Å². The molecule has 2 aromatic rings. The summed E-state index contributed by atoms with van der Waals surface area (Å²) in [6.45, 7) is 2.73. The number of aromatic amines is 1. The Labute approximate surface area is 160 Å². The van der Waals surface area contributed by atoms with Gasteiger partial charge in [0.2, 0.25) is 5.91 Å². The van der Waals surface area contributed by atoms with Crippen molar-refractivity contribution in [1.29, 1.82) is 0 Å². The molecule has 1 saturated heterocycles. The van der Waals surface area contributed by atoms with Gasteiger partial charge in [0, 0.05) is 30.8 Å². The largest absolute Gasteiger partial charge is 0.346 e. The minimum atomic E-state index is -0.238. The van der Waals surface area contributed by atoms with Crippen LogP contribution in [0.1, 0.15) is 37.8 Å². The molecular formula is C21H29FN4O. The first-order chi connectivity index (χ1) is 13.1. The van der Waals surface area contributed by atoms with Crippen LogP contribution in [0, 0.1) is 11.7 Å². The van der Waals surface area contributed by atoms with Crippen LogP contribution in [0.15, 0.2) is 30.3 Å². The molecular weight excluding hydrogens is 343 g/mol. The first-order valence-corrected chi connectivity index (χ1v) is 9.89. The summed E-state index contributed by atoms with van der Waals surface area (Å²) in [5.74, 6) is 0.262. The van der Waals surface area contributed by atoms with Crippen molar-refractivity contribution in [2.24, 2.45) is 5.92 Å². The Hall–Kier alpha value is -2.21. The predicted octanol–water partition coefficient (Wildman–Crippen LogP) is 3.39. The zero-order chi connectivity index (χ0) is 19.1. The third kappa shape index (κ3) is 5.63. The van der Waals surface area contributed by atoms with Crippen LogP contribution in [0.5, 0.6) is 0 Å². The van der Waals surface area contributed by atoms with Gasteiger partial charge in [-0.05, 0) is 75.5 Å². The van der Waals surface area contributed by atoms with E-state index in [0.29, 0.717) is 5.91 Å². The first-order valence-electron chi connectivity index (χ1n) is 9.89. The molecule has 146 valence electrons. The van der Waals surface area contributed by atoms with E-state index in [1.54, 1.807) is 12.1 Å². The molecule has 0 aliphatic carbocycles. The quantitative estimate of drug-likeness (QED) is 0.699. The molecule has 0 spiro atoms. The summed E-state index contributed by atoms with van der Waals surface area (Å²) >= 11 is 0. The number of unbranched alkanes of at least 4 members (excludes halogenated alkanes) is 2. The number of hydrogen-bond donors (Lipinski definition) is 2. The van der Waals surface area contributed by atoms with Crippen LogP contribution in [-0.4, -0.2) is 47.7 Å². The Bertz CT molecular complexity index is 722. The van der Waals surface area contributed by atoms with Crippen LogP contribution in [0.3, 0.4) is 0 Å². The van der Waals surface area contributed by atoms with E-state index in [0.717, 1.165) is 75.1 Å². The fraction of sp³-hybridized carbons (Fsp3) is 0.524. The second-order valence-electron chi connectivity index (χ2n) is 7.38. The van der Waals surface area contributed by atoms with Crippen molar-refractivity contribution < 1.29 is 9.18 Å². The molecule has 1 fully saturated rings. The van der Waals surface area contributed by atoms with Crippen LogP contribution < -0.4 is 5.32 Å². The molecule has 1 aliphatic rings. The summed E-state index contributed by atoms with van der Waals surface area (Å²) in [6.07, 6.45) is 6.00. The smallest absolute Gasteiger partial charge is 0.225 e. The van der Waals surface area contributed by atoms with Gasteiger partial charge in [-0.2, -0.15) is 5.10 Å². The van der Waals surface area contributed by atoms with Crippen molar-refractivity contribution in [1.82, 2.24) is 20.4 Å². The number of carbonyl (C=O) groups is 1. The van der Waals surface area contributed by atoms with Gasteiger partial charge in [0.15, 0.2) is 0 Å². The van der Waals surface area contributed by atoms with Crippen LogP contribution in [0.2, 0.25) is 0 Å². The van der Waals surface area contributed by atoms with Crippen LogP contribution in [0.4, 0.5) is 4.39 Å². The number of amides is 1. The maximum Gasteiger partial charge on any atom is 0.225 e. The minimum absolute atomic E-state index is 0.200. The van der Waals surface area contributed by atoms with Gasteiger partial charge in [-0.1, -0.05) is 6.42 Å². The normalized spacial score (nSPS) is 15.0. The molecule has 6 heteroatoms. The predicted molar refractivity (Wildman–Crippen MR) is 105 cm³/mol. The molecule has 1 aliphatic heterocycles. The fourth-order valence-electron chi connectivity index (χ4n) is 3.59. The summed E-state index contributed by atoms with van der Waals surface area (Å²) in [6, 6.07) is 8.41. The van der Waals surface area contributed by atoms with Crippen LogP contribution in [0.25, 0.3) is 11.3 Å². The van der Waals surface area contributed by atoms with Crippen LogP contribution >= 0.6 is 0 Å². The van der Waals surface area contributed by atoms with Crippen molar-refractivity contribution >= 4 is 5.91 Å². The lowest BCUT2D eigenvalue weighted by atomic mass is 9.96. The standard InChI is InChI=1S/C21H29FN4O/c1-26(21(27)17-10-12-23-13-11-17)14-4-2-3-5-19-15-20(25-24-19)16-6-8-18(22)9-7-16/h6-9,15,17,23H,2-5,10-14H2,1H3,(H,24,25). The SMILES string of the molecule is CN(CCCCCc1cc(-c2ccc(F)cc2)n[nH]1)C(=O)C1CCNCC1. The molecule has 3 rings (SSSR count). The van der Waals surface area contributed by atoms with Gasteiger partial charge >= 0.3 is 0 Å². The number of aryl methyl sites for hydroxylation is 1. The summed E-state index contributed by atoms with van der Waals surface area (Å²) < 4.78 is 13.0. The molecule has 1 aromatic carbocycles. The summed E-state index contributed by atoms with van der Waals surface area (Å²) in [5, 5.41) is 10.7. The van der Waals surface area contributed by atoms with E-state index in [1.165, 1.54) is 12.1 Å². The van der Waals surface area contributed by atoms with E-state index >= 15 is 0 Å². The second kappa shape index (κ2) is 9.65. The minimum Gasteiger partial charge on any atom is -0.346 e. The number of piperidine rings is 1. The fourth-order valence-corrected chi connectivity index (χ4v) is 3.59. The number of rotatable bonds is 8. The highest BCUT2D eigenvalue weighted by Gasteiger charge is 2.23. The zero-order valence-corrected chi connectivity index (χ0v) is 16.0. The average molecular weight is 372 g/mol. The van der Waals surface area contributed by atoms with Gasteiger partial charge in [-0.25, -0.2) is 4.39 Å². The molecule has 0 atom stereocenters. The highest BCUT2D eigenvalue weighted by atomic mass is 19.1. The number of aromatic nitrogens is 2. The van der Waals surface area contributed by atoms with Gasteiger partial charge < -0.3 is 10.2 Å². The number of nitrogens with zero attached hydrogens (tertiary/aromatic N) is 2. The Morgan fingerprint density at radius 3 is 2.67 bits per heavy atom.